The lowest BCUT2D eigenvalue weighted by atomic mass is 9.84. The molecule has 0 bridgehead atoms. The van der Waals surface area contributed by atoms with Gasteiger partial charge in [0.25, 0.3) is 0 Å². The Labute approximate surface area is 259 Å². The van der Waals surface area contributed by atoms with Gasteiger partial charge < -0.3 is 15.2 Å². The van der Waals surface area contributed by atoms with Crippen molar-refractivity contribution in [3.05, 3.63) is 144 Å². The highest BCUT2D eigenvalue weighted by molar-refractivity contribution is 5.80. The minimum Gasteiger partial charge on any atom is -0.457 e. The van der Waals surface area contributed by atoms with Crippen LogP contribution in [0, 0.1) is 6.92 Å². The number of aryl methyl sites for hydroxylation is 1. The van der Waals surface area contributed by atoms with Crippen LogP contribution in [0.5, 0.6) is 11.5 Å². The molecule has 222 valence electrons. The third kappa shape index (κ3) is 4.95. The van der Waals surface area contributed by atoms with Crippen LogP contribution in [0.15, 0.2) is 122 Å². The Morgan fingerprint density at radius 3 is 2.22 bits per heavy atom. The van der Waals surface area contributed by atoms with E-state index in [4.69, 9.17) is 4.74 Å². The Morgan fingerprint density at radius 1 is 0.800 bits per heavy atom. The number of hydrogen-bond acceptors (Lipinski definition) is 8. The number of hydrogen-bond donors (Lipinski definition) is 2. The second-order valence-electron chi connectivity index (χ2n) is 11.4. The number of nitrogens with one attached hydrogen (secondary N) is 1. The zero-order valence-corrected chi connectivity index (χ0v) is 24.5. The second kappa shape index (κ2) is 10.8. The molecule has 3 aromatic carbocycles. The normalized spacial score (nSPS) is 14.6. The van der Waals surface area contributed by atoms with Crippen LogP contribution in [0.2, 0.25) is 0 Å². The first-order valence-corrected chi connectivity index (χ1v) is 14.8. The largest absolute Gasteiger partial charge is 0.457 e. The summed E-state index contributed by atoms with van der Waals surface area (Å²) in [7, 11) is 0. The van der Waals surface area contributed by atoms with Gasteiger partial charge in [0.15, 0.2) is 5.65 Å². The van der Waals surface area contributed by atoms with E-state index in [0.717, 1.165) is 28.2 Å². The maximum atomic E-state index is 12.0. The monoisotopic (exact) mass is 594 g/mol. The highest BCUT2D eigenvalue weighted by Crippen LogP contribution is 2.42. The second-order valence-corrected chi connectivity index (χ2v) is 11.4. The molecule has 0 radical (unpaired) electrons. The molecule has 2 N–H and O–H groups in total. The molecule has 1 saturated heterocycles. The lowest BCUT2D eigenvalue weighted by Crippen LogP contribution is -2.60. The summed E-state index contributed by atoms with van der Waals surface area (Å²) in [5.41, 5.74) is 5.95. The zero-order chi connectivity index (χ0) is 30.4. The lowest BCUT2D eigenvalue weighted by molar-refractivity contribution is -0.118. The Morgan fingerprint density at radius 2 is 1.49 bits per heavy atom. The van der Waals surface area contributed by atoms with Gasteiger partial charge >= 0.3 is 0 Å². The summed E-state index contributed by atoms with van der Waals surface area (Å²) in [6.07, 6.45) is 6.72. The van der Waals surface area contributed by atoms with Gasteiger partial charge in [0.2, 0.25) is 0 Å². The van der Waals surface area contributed by atoms with Crippen molar-refractivity contribution >= 4 is 22.5 Å². The summed E-state index contributed by atoms with van der Waals surface area (Å²) in [5, 5.41) is 24.1. The number of nitrogens with zero attached hydrogens (tertiary/aromatic N) is 7. The molecule has 5 heterocycles. The number of pyridine rings is 1. The van der Waals surface area contributed by atoms with Crippen molar-refractivity contribution in [1.82, 2.24) is 34.1 Å². The number of ether oxygens (including phenoxy) is 1. The molecule has 0 atom stereocenters. The molecule has 0 spiro atoms. The summed E-state index contributed by atoms with van der Waals surface area (Å²) < 4.78 is 9.61. The number of aromatic nitrogens is 6. The van der Waals surface area contributed by atoms with Gasteiger partial charge in [-0.15, -0.1) is 0 Å². The van der Waals surface area contributed by atoms with Crippen LogP contribution in [-0.4, -0.2) is 52.3 Å². The van der Waals surface area contributed by atoms with Crippen molar-refractivity contribution in [2.45, 2.75) is 18.6 Å². The van der Waals surface area contributed by atoms with Crippen molar-refractivity contribution in [2.75, 3.05) is 18.4 Å². The number of anilines is 2. The molecule has 8 rings (SSSR count). The molecule has 4 aromatic heterocycles. The summed E-state index contributed by atoms with van der Waals surface area (Å²) in [5.74, 6) is 1.43. The number of rotatable bonds is 8. The van der Waals surface area contributed by atoms with Crippen LogP contribution in [0.4, 0.5) is 11.4 Å². The smallest absolute Gasteiger partial charge is 0.158 e. The zero-order valence-electron chi connectivity index (χ0n) is 24.5. The SMILES string of the molecule is Cc1cc(Nc2ccn3ncnc(C4(O)CN(C(c5ccccc5)c5ccccc5)C4)c23)ccc1Oc1ccn2ncnc2c1. The molecule has 7 aromatic rings. The van der Waals surface area contributed by atoms with Crippen LogP contribution >= 0.6 is 0 Å². The van der Waals surface area contributed by atoms with E-state index in [0.29, 0.717) is 30.2 Å². The van der Waals surface area contributed by atoms with Gasteiger partial charge in [0, 0.05) is 37.2 Å². The van der Waals surface area contributed by atoms with Crippen molar-refractivity contribution < 1.29 is 9.84 Å². The topological polar surface area (TPSA) is 105 Å². The molecule has 1 aliphatic heterocycles. The Kier molecular flexibility index (Phi) is 6.51. The van der Waals surface area contributed by atoms with Gasteiger partial charge in [-0.05, 0) is 53.9 Å². The lowest BCUT2D eigenvalue weighted by Gasteiger charge is -2.50. The molecule has 10 nitrogen and oxygen atoms in total. The summed E-state index contributed by atoms with van der Waals surface area (Å²) in [6, 6.07) is 32.5. The van der Waals surface area contributed by atoms with E-state index >= 15 is 0 Å². The Balaban J connectivity index is 1.05. The fourth-order valence-electron chi connectivity index (χ4n) is 6.22. The average Bonchev–Trinajstić information content (AvgIpc) is 3.69. The molecule has 0 amide bonds. The van der Waals surface area contributed by atoms with Crippen LogP contribution in [0.1, 0.15) is 28.4 Å². The quantitative estimate of drug-likeness (QED) is 0.224. The van der Waals surface area contributed by atoms with Crippen molar-refractivity contribution in [2.24, 2.45) is 0 Å². The fourth-order valence-corrected chi connectivity index (χ4v) is 6.22. The van der Waals surface area contributed by atoms with Crippen molar-refractivity contribution in [1.29, 1.82) is 0 Å². The molecule has 1 fully saturated rings. The standard InChI is InChI=1S/C35H30N8O2/c1-24-18-27(12-13-30(24)45-28-14-16-42-31(19-28)36-22-38-42)40-29-15-17-43-33(29)34(37-23-39-43)35(44)20-41(21-35)32(25-8-4-2-5-9-25)26-10-6-3-7-11-26/h2-19,22-23,32,40,44H,20-21H2,1H3. The van der Waals surface area contributed by atoms with Crippen molar-refractivity contribution in [3.63, 3.8) is 0 Å². The molecular formula is C35H30N8O2. The van der Waals surface area contributed by atoms with Gasteiger partial charge in [-0.1, -0.05) is 60.7 Å². The maximum Gasteiger partial charge on any atom is 0.158 e. The van der Waals surface area contributed by atoms with E-state index in [1.54, 1.807) is 9.03 Å². The average molecular weight is 595 g/mol. The van der Waals surface area contributed by atoms with Gasteiger partial charge in [0.05, 0.1) is 11.7 Å². The molecule has 0 aliphatic carbocycles. The van der Waals surface area contributed by atoms with E-state index in [9.17, 15) is 5.11 Å². The Bertz CT molecular complexity index is 2080. The predicted octanol–water partition coefficient (Wildman–Crippen LogP) is 5.91. The summed E-state index contributed by atoms with van der Waals surface area (Å²) in [4.78, 5) is 11.2. The van der Waals surface area contributed by atoms with Gasteiger partial charge in [0.1, 0.15) is 41.0 Å². The predicted molar refractivity (Wildman–Crippen MR) is 171 cm³/mol. The van der Waals surface area contributed by atoms with Crippen LogP contribution in [0.3, 0.4) is 0 Å². The highest BCUT2D eigenvalue weighted by atomic mass is 16.5. The number of benzene rings is 3. The summed E-state index contributed by atoms with van der Waals surface area (Å²) >= 11 is 0. The van der Waals surface area contributed by atoms with Gasteiger partial charge in [-0.25, -0.2) is 19.0 Å². The van der Waals surface area contributed by atoms with E-state index in [2.05, 4.69) is 78.9 Å². The number of aliphatic hydroxyl groups is 1. The first-order chi connectivity index (χ1) is 22.0. The summed E-state index contributed by atoms with van der Waals surface area (Å²) in [6.45, 7) is 2.87. The van der Waals surface area contributed by atoms with E-state index in [1.807, 2.05) is 67.8 Å². The van der Waals surface area contributed by atoms with E-state index in [-0.39, 0.29) is 6.04 Å². The van der Waals surface area contributed by atoms with E-state index in [1.165, 1.54) is 23.8 Å². The third-order valence-corrected chi connectivity index (χ3v) is 8.35. The highest BCUT2D eigenvalue weighted by Gasteiger charge is 2.48. The van der Waals surface area contributed by atoms with Crippen LogP contribution in [-0.2, 0) is 5.60 Å². The van der Waals surface area contributed by atoms with Gasteiger partial charge in [-0.3, -0.25) is 4.90 Å². The molecule has 0 unspecified atom stereocenters. The van der Waals surface area contributed by atoms with Crippen LogP contribution in [0.25, 0.3) is 11.2 Å². The maximum absolute atomic E-state index is 12.0. The molecule has 0 saturated carbocycles. The Hall–Kier alpha value is -5.58. The molecule has 1 aliphatic rings. The van der Waals surface area contributed by atoms with E-state index < -0.39 is 5.60 Å². The molecule has 45 heavy (non-hydrogen) atoms. The van der Waals surface area contributed by atoms with Crippen molar-refractivity contribution in [3.8, 4) is 11.5 Å². The number of likely N-dealkylation sites (tertiary alicyclic amines) is 1. The first kappa shape index (κ1) is 27.0. The van der Waals surface area contributed by atoms with Crippen LogP contribution < -0.4 is 10.1 Å². The number of fused-ring (bicyclic) bond motifs is 2. The minimum absolute atomic E-state index is 0.0249. The molecule has 10 heteroatoms. The number of β-amino-alcohol motifs (C(OH)–C–C–N with tert-alkyl or cyclic N) is 1. The fraction of sp³-hybridized carbons (Fsp3) is 0.143. The molecular weight excluding hydrogens is 564 g/mol. The first-order valence-electron chi connectivity index (χ1n) is 14.8. The minimum atomic E-state index is -1.14. The third-order valence-electron chi connectivity index (χ3n) is 8.35. The van der Waals surface area contributed by atoms with Gasteiger partial charge in [-0.2, -0.15) is 10.2 Å².